The van der Waals surface area contributed by atoms with Crippen molar-refractivity contribution < 1.29 is 0 Å². The summed E-state index contributed by atoms with van der Waals surface area (Å²) in [5.41, 5.74) is 1.36. The largest absolute Gasteiger partial charge is 0.373 e. The zero-order valence-corrected chi connectivity index (χ0v) is 13.1. The van der Waals surface area contributed by atoms with E-state index in [1.54, 1.807) is 17.7 Å². The highest BCUT2D eigenvalue weighted by molar-refractivity contribution is 7.07. The molecule has 3 rings (SSSR count). The number of rotatable bonds is 6. The van der Waals surface area contributed by atoms with Crippen LogP contribution in [0.5, 0.6) is 0 Å². The van der Waals surface area contributed by atoms with Crippen LogP contribution in [0.25, 0.3) is 0 Å². The van der Waals surface area contributed by atoms with Crippen LogP contribution in [0, 0.1) is 0 Å². The molecule has 5 nitrogen and oxygen atoms in total. The first-order valence-electron chi connectivity index (χ1n) is 7.35. The first kappa shape index (κ1) is 14.3. The smallest absolute Gasteiger partial charge is 0.134 e. The lowest BCUT2D eigenvalue weighted by molar-refractivity contribution is 0.571. The summed E-state index contributed by atoms with van der Waals surface area (Å²) in [6.07, 6.45) is 4.08. The number of hydrogen-bond acceptors (Lipinski definition) is 6. The van der Waals surface area contributed by atoms with Gasteiger partial charge in [-0.2, -0.15) is 11.3 Å². The number of thiophene rings is 1. The van der Waals surface area contributed by atoms with Crippen molar-refractivity contribution in [3.05, 3.63) is 34.8 Å². The third kappa shape index (κ3) is 3.51. The Hall–Kier alpha value is -1.66. The topological polar surface area (TPSA) is 53.1 Å². The molecule has 1 atom stereocenters. The van der Waals surface area contributed by atoms with Crippen molar-refractivity contribution in [3.63, 3.8) is 0 Å². The highest BCUT2D eigenvalue weighted by atomic mass is 32.1. The second-order valence-corrected chi connectivity index (χ2v) is 6.04. The molecule has 1 saturated heterocycles. The van der Waals surface area contributed by atoms with Gasteiger partial charge in [0.05, 0.1) is 0 Å². The molecule has 21 heavy (non-hydrogen) atoms. The Bertz CT molecular complexity index is 557. The maximum Gasteiger partial charge on any atom is 0.134 e. The van der Waals surface area contributed by atoms with Crippen LogP contribution in [-0.2, 0) is 6.54 Å². The van der Waals surface area contributed by atoms with Crippen LogP contribution in [-0.4, -0.2) is 36.1 Å². The minimum absolute atomic E-state index is 0.517. The van der Waals surface area contributed by atoms with Crippen LogP contribution in [0.4, 0.5) is 11.6 Å². The zero-order chi connectivity index (χ0) is 14.5. The van der Waals surface area contributed by atoms with Crippen molar-refractivity contribution in [2.24, 2.45) is 0 Å². The van der Waals surface area contributed by atoms with E-state index in [0.29, 0.717) is 6.04 Å². The number of anilines is 2. The number of aromatic nitrogens is 2. The van der Waals surface area contributed by atoms with E-state index >= 15 is 0 Å². The van der Waals surface area contributed by atoms with Gasteiger partial charge in [-0.25, -0.2) is 9.97 Å². The van der Waals surface area contributed by atoms with Gasteiger partial charge in [-0.05, 0) is 35.2 Å². The normalized spacial score (nSPS) is 18.1. The summed E-state index contributed by atoms with van der Waals surface area (Å²) in [4.78, 5) is 11.0. The molecule has 0 radical (unpaired) electrons. The lowest BCUT2D eigenvalue weighted by Gasteiger charge is -2.26. The van der Waals surface area contributed by atoms with Crippen LogP contribution >= 0.6 is 11.3 Å². The Morgan fingerprint density at radius 1 is 1.43 bits per heavy atom. The molecule has 0 spiro atoms. The molecule has 0 aromatic carbocycles. The molecule has 2 N–H and O–H groups in total. The molecule has 3 heterocycles. The van der Waals surface area contributed by atoms with E-state index in [1.807, 2.05) is 13.1 Å². The van der Waals surface area contributed by atoms with Gasteiger partial charge in [0, 0.05) is 38.8 Å². The number of hydrogen-bond donors (Lipinski definition) is 2. The fraction of sp³-hybridized carbons (Fsp3) is 0.467. The summed E-state index contributed by atoms with van der Waals surface area (Å²) < 4.78 is 0. The lowest BCUT2D eigenvalue weighted by Crippen LogP contribution is -2.38. The fourth-order valence-corrected chi connectivity index (χ4v) is 3.44. The highest BCUT2D eigenvalue weighted by Crippen LogP contribution is 2.24. The van der Waals surface area contributed by atoms with E-state index in [9.17, 15) is 0 Å². The van der Waals surface area contributed by atoms with Crippen molar-refractivity contribution in [1.82, 2.24) is 15.3 Å². The van der Waals surface area contributed by atoms with Crippen molar-refractivity contribution in [2.45, 2.75) is 25.4 Å². The standard InChI is InChI=1S/C15H21N5S/c1-16-14-7-15(19-11-18-14)20-5-2-3-13(20)9-17-8-12-4-6-21-10-12/h4,6-7,10-11,13,17H,2-3,5,8-9H2,1H3,(H,16,18,19). The molecule has 1 unspecified atom stereocenters. The zero-order valence-electron chi connectivity index (χ0n) is 12.2. The molecule has 1 aliphatic rings. The fourth-order valence-electron chi connectivity index (χ4n) is 2.77. The highest BCUT2D eigenvalue weighted by Gasteiger charge is 2.25. The minimum atomic E-state index is 0.517. The molecule has 112 valence electrons. The molecule has 0 amide bonds. The maximum atomic E-state index is 4.43. The molecule has 0 saturated carbocycles. The van der Waals surface area contributed by atoms with Crippen LogP contribution in [0.3, 0.4) is 0 Å². The SMILES string of the molecule is CNc1cc(N2CCCC2CNCc2ccsc2)ncn1. The van der Waals surface area contributed by atoms with Crippen LogP contribution in [0.2, 0.25) is 0 Å². The third-order valence-corrected chi connectivity index (χ3v) is 4.60. The van der Waals surface area contributed by atoms with Crippen LogP contribution < -0.4 is 15.5 Å². The first-order valence-corrected chi connectivity index (χ1v) is 8.29. The monoisotopic (exact) mass is 303 g/mol. The summed E-state index contributed by atoms with van der Waals surface area (Å²) in [5.74, 6) is 1.89. The van der Waals surface area contributed by atoms with Gasteiger partial charge < -0.3 is 15.5 Å². The van der Waals surface area contributed by atoms with E-state index in [1.165, 1.54) is 18.4 Å². The molecule has 6 heteroatoms. The van der Waals surface area contributed by atoms with Crippen molar-refractivity contribution in [1.29, 1.82) is 0 Å². The predicted octanol–water partition coefficient (Wildman–Crippen LogP) is 2.34. The number of nitrogens with zero attached hydrogens (tertiary/aromatic N) is 3. The molecule has 1 fully saturated rings. The van der Waals surface area contributed by atoms with E-state index in [2.05, 4.69) is 42.3 Å². The summed E-state index contributed by atoms with van der Waals surface area (Å²) in [6, 6.07) is 4.72. The van der Waals surface area contributed by atoms with Gasteiger partial charge >= 0.3 is 0 Å². The quantitative estimate of drug-likeness (QED) is 0.858. The van der Waals surface area contributed by atoms with Crippen molar-refractivity contribution in [3.8, 4) is 0 Å². The Labute approximate surface area is 129 Å². The van der Waals surface area contributed by atoms with E-state index in [-0.39, 0.29) is 0 Å². The van der Waals surface area contributed by atoms with Gasteiger partial charge in [0.25, 0.3) is 0 Å². The third-order valence-electron chi connectivity index (χ3n) is 3.87. The van der Waals surface area contributed by atoms with Gasteiger partial charge in [-0.1, -0.05) is 0 Å². The van der Waals surface area contributed by atoms with Gasteiger partial charge in [-0.3, -0.25) is 0 Å². The second-order valence-electron chi connectivity index (χ2n) is 5.26. The molecule has 1 aliphatic heterocycles. The molecule has 0 aliphatic carbocycles. The van der Waals surface area contributed by atoms with Gasteiger partial charge in [-0.15, -0.1) is 0 Å². The lowest BCUT2D eigenvalue weighted by atomic mass is 10.2. The minimum Gasteiger partial charge on any atom is -0.373 e. The van der Waals surface area contributed by atoms with Gasteiger partial charge in [0.15, 0.2) is 0 Å². The molecular weight excluding hydrogens is 282 g/mol. The second kappa shape index (κ2) is 6.87. The first-order chi connectivity index (χ1) is 10.4. The van der Waals surface area contributed by atoms with Crippen molar-refractivity contribution >= 4 is 23.0 Å². The Kier molecular flexibility index (Phi) is 4.67. The van der Waals surface area contributed by atoms with E-state index in [4.69, 9.17) is 0 Å². The molecule has 0 bridgehead atoms. The predicted molar refractivity (Wildman–Crippen MR) is 88.0 cm³/mol. The Balaban J connectivity index is 1.59. The van der Waals surface area contributed by atoms with Crippen LogP contribution in [0.1, 0.15) is 18.4 Å². The average molecular weight is 303 g/mol. The van der Waals surface area contributed by atoms with Crippen LogP contribution in [0.15, 0.2) is 29.2 Å². The van der Waals surface area contributed by atoms with Gasteiger partial charge in [0.2, 0.25) is 0 Å². The summed E-state index contributed by atoms with van der Waals surface area (Å²) in [7, 11) is 1.88. The Morgan fingerprint density at radius 3 is 3.19 bits per heavy atom. The molecule has 2 aromatic rings. The average Bonchev–Trinajstić information content (AvgIpc) is 3.19. The number of nitrogens with one attached hydrogen (secondary N) is 2. The summed E-state index contributed by atoms with van der Waals surface area (Å²) >= 11 is 1.75. The van der Waals surface area contributed by atoms with Crippen molar-refractivity contribution in [2.75, 3.05) is 30.4 Å². The molecular formula is C15H21N5S. The Morgan fingerprint density at radius 2 is 2.38 bits per heavy atom. The summed E-state index contributed by atoms with van der Waals surface area (Å²) in [5, 5.41) is 11.0. The summed E-state index contributed by atoms with van der Waals surface area (Å²) in [6.45, 7) is 3.01. The maximum absolute atomic E-state index is 4.43. The van der Waals surface area contributed by atoms with E-state index < -0.39 is 0 Å². The van der Waals surface area contributed by atoms with Gasteiger partial charge in [0.1, 0.15) is 18.0 Å². The van der Waals surface area contributed by atoms with E-state index in [0.717, 1.165) is 31.3 Å². The molecule has 2 aromatic heterocycles.